The van der Waals surface area contributed by atoms with E-state index >= 15 is 0 Å². The van der Waals surface area contributed by atoms with Crippen LogP contribution in [0.15, 0.2) is 0 Å². The summed E-state index contributed by atoms with van der Waals surface area (Å²) < 4.78 is 0. The fraction of sp³-hybridized carbons (Fsp3) is 1.00. The highest BCUT2D eigenvalue weighted by molar-refractivity contribution is 4.88. The molecule has 0 radical (unpaired) electrons. The SMILES string of the molecule is CCCC1CCC1C(C)(C)C. The van der Waals surface area contributed by atoms with E-state index in [2.05, 4.69) is 27.7 Å². The zero-order valence-electron chi connectivity index (χ0n) is 8.48. The van der Waals surface area contributed by atoms with Crippen molar-refractivity contribution >= 4 is 0 Å². The van der Waals surface area contributed by atoms with E-state index in [9.17, 15) is 0 Å². The van der Waals surface area contributed by atoms with Gasteiger partial charge in [-0.05, 0) is 30.1 Å². The Morgan fingerprint density at radius 1 is 1.18 bits per heavy atom. The Balaban J connectivity index is 2.37. The number of hydrogen-bond acceptors (Lipinski definition) is 0. The molecule has 0 heterocycles. The van der Waals surface area contributed by atoms with E-state index in [1.807, 2.05) is 0 Å². The van der Waals surface area contributed by atoms with Gasteiger partial charge in [-0.25, -0.2) is 0 Å². The minimum absolute atomic E-state index is 0.568. The second kappa shape index (κ2) is 3.16. The molecule has 0 saturated heterocycles. The van der Waals surface area contributed by atoms with E-state index in [1.54, 1.807) is 0 Å². The summed E-state index contributed by atoms with van der Waals surface area (Å²) >= 11 is 0. The molecule has 2 atom stereocenters. The molecule has 0 bridgehead atoms. The van der Waals surface area contributed by atoms with Crippen LogP contribution in [0.4, 0.5) is 0 Å². The Hall–Kier alpha value is 0. The number of hydrogen-bond donors (Lipinski definition) is 0. The van der Waals surface area contributed by atoms with E-state index < -0.39 is 0 Å². The summed E-state index contributed by atoms with van der Waals surface area (Å²) in [7, 11) is 0. The number of rotatable bonds is 2. The minimum atomic E-state index is 0.568. The molecule has 1 aliphatic rings. The molecule has 2 unspecified atom stereocenters. The average molecular weight is 154 g/mol. The Bertz CT molecular complexity index is 118. The molecule has 0 N–H and O–H groups in total. The lowest BCUT2D eigenvalue weighted by Gasteiger charge is -2.45. The molecule has 0 heteroatoms. The summed E-state index contributed by atoms with van der Waals surface area (Å²) in [4.78, 5) is 0. The molecule has 0 amide bonds. The van der Waals surface area contributed by atoms with Gasteiger partial charge in [-0.3, -0.25) is 0 Å². The summed E-state index contributed by atoms with van der Waals surface area (Å²) in [6.45, 7) is 9.47. The van der Waals surface area contributed by atoms with Crippen LogP contribution in [0.5, 0.6) is 0 Å². The van der Waals surface area contributed by atoms with Crippen LogP contribution in [0.2, 0.25) is 0 Å². The molecule has 1 fully saturated rings. The van der Waals surface area contributed by atoms with E-state index in [0.717, 1.165) is 11.8 Å². The highest BCUT2D eigenvalue weighted by atomic mass is 14.4. The van der Waals surface area contributed by atoms with Gasteiger partial charge in [-0.2, -0.15) is 0 Å². The van der Waals surface area contributed by atoms with Crippen LogP contribution in [-0.2, 0) is 0 Å². The van der Waals surface area contributed by atoms with Crippen LogP contribution in [0.25, 0.3) is 0 Å². The smallest absolute Gasteiger partial charge is 0.0337 e. The van der Waals surface area contributed by atoms with Crippen LogP contribution in [0.1, 0.15) is 53.4 Å². The second-order valence-electron chi connectivity index (χ2n) is 5.10. The zero-order chi connectivity index (χ0) is 8.48. The van der Waals surface area contributed by atoms with Crippen molar-refractivity contribution in [2.75, 3.05) is 0 Å². The van der Waals surface area contributed by atoms with Gasteiger partial charge in [-0.15, -0.1) is 0 Å². The predicted octanol–water partition coefficient (Wildman–Crippen LogP) is 3.86. The molecular weight excluding hydrogens is 132 g/mol. The van der Waals surface area contributed by atoms with Gasteiger partial charge in [0.2, 0.25) is 0 Å². The maximum absolute atomic E-state index is 2.39. The molecule has 11 heavy (non-hydrogen) atoms. The minimum Gasteiger partial charge on any atom is -0.0654 e. The molecule has 0 aromatic carbocycles. The highest BCUT2D eigenvalue weighted by Crippen LogP contribution is 2.47. The molecule has 0 aliphatic heterocycles. The van der Waals surface area contributed by atoms with Crippen molar-refractivity contribution in [1.29, 1.82) is 0 Å². The van der Waals surface area contributed by atoms with Crippen LogP contribution in [0.3, 0.4) is 0 Å². The van der Waals surface area contributed by atoms with Gasteiger partial charge in [0.05, 0.1) is 0 Å². The third kappa shape index (κ3) is 1.98. The van der Waals surface area contributed by atoms with Crippen molar-refractivity contribution in [3.63, 3.8) is 0 Å². The van der Waals surface area contributed by atoms with Crippen molar-refractivity contribution in [2.24, 2.45) is 17.3 Å². The van der Waals surface area contributed by atoms with Crippen molar-refractivity contribution in [3.8, 4) is 0 Å². The average Bonchev–Trinajstić information content (AvgIpc) is 1.75. The van der Waals surface area contributed by atoms with Gasteiger partial charge in [0, 0.05) is 0 Å². The zero-order valence-corrected chi connectivity index (χ0v) is 8.48. The second-order valence-corrected chi connectivity index (χ2v) is 5.10. The third-order valence-corrected chi connectivity index (χ3v) is 3.19. The van der Waals surface area contributed by atoms with Gasteiger partial charge >= 0.3 is 0 Å². The summed E-state index contributed by atoms with van der Waals surface area (Å²) in [5.41, 5.74) is 0.568. The Kier molecular flexibility index (Phi) is 2.61. The van der Waals surface area contributed by atoms with Gasteiger partial charge in [0.1, 0.15) is 0 Å². The first kappa shape index (κ1) is 9.09. The summed E-state index contributed by atoms with van der Waals surface area (Å²) in [6, 6.07) is 0. The van der Waals surface area contributed by atoms with Gasteiger partial charge in [0.15, 0.2) is 0 Å². The lowest BCUT2D eigenvalue weighted by atomic mass is 9.60. The fourth-order valence-corrected chi connectivity index (χ4v) is 2.43. The summed E-state index contributed by atoms with van der Waals surface area (Å²) in [6.07, 6.45) is 5.81. The van der Waals surface area contributed by atoms with E-state index in [1.165, 1.54) is 25.7 Å². The Labute approximate surface area is 71.4 Å². The maximum Gasteiger partial charge on any atom is -0.0337 e. The van der Waals surface area contributed by atoms with Gasteiger partial charge in [0.25, 0.3) is 0 Å². The monoisotopic (exact) mass is 154 g/mol. The molecule has 0 aromatic heterocycles. The van der Waals surface area contributed by atoms with Crippen LogP contribution in [0, 0.1) is 17.3 Å². The first-order valence-electron chi connectivity index (χ1n) is 5.05. The van der Waals surface area contributed by atoms with Crippen molar-refractivity contribution in [3.05, 3.63) is 0 Å². The van der Waals surface area contributed by atoms with E-state index in [-0.39, 0.29) is 0 Å². The molecule has 66 valence electrons. The molecule has 1 aliphatic carbocycles. The van der Waals surface area contributed by atoms with E-state index in [0.29, 0.717) is 5.41 Å². The Morgan fingerprint density at radius 3 is 2.09 bits per heavy atom. The van der Waals surface area contributed by atoms with E-state index in [4.69, 9.17) is 0 Å². The molecule has 0 nitrogen and oxygen atoms in total. The maximum atomic E-state index is 2.39. The predicted molar refractivity (Wildman–Crippen MR) is 50.6 cm³/mol. The lowest BCUT2D eigenvalue weighted by Crippen LogP contribution is -2.36. The molecular formula is C11H22. The first-order chi connectivity index (χ1) is 5.05. The lowest BCUT2D eigenvalue weighted by molar-refractivity contribution is 0.0498. The van der Waals surface area contributed by atoms with Crippen molar-refractivity contribution in [1.82, 2.24) is 0 Å². The topological polar surface area (TPSA) is 0 Å². The quantitative estimate of drug-likeness (QED) is 0.566. The largest absolute Gasteiger partial charge is 0.0654 e. The third-order valence-electron chi connectivity index (χ3n) is 3.19. The standard InChI is InChI=1S/C11H22/c1-5-6-9-7-8-10(9)11(2,3)4/h9-10H,5-8H2,1-4H3. The van der Waals surface area contributed by atoms with Crippen LogP contribution < -0.4 is 0 Å². The molecule has 1 saturated carbocycles. The van der Waals surface area contributed by atoms with Crippen molar-refractivity contribution in [2.45, 2.75) is 53.4 Å². The van der Waals surface area contributed by atoms with Crippen molar-refractivity contribution < 1.29 is 0 Å². The summed E-state index contributed by atoms with van der Waals surface area (Å²) in [5, 5.41) is 0. The summed E-state index contributed by atoms with van der Waals surface area (Å²) in [5.74, 6) is 2.07. The fourth-order valence-electron chi connectivity index (χ4n) is 2.43. The van der Waals surface area contributed by atoms with Crippen LogP contribution in [-0.4, -0.2) is 0 Å². The normalized spacial score (nSPS) is 31.6. The van der Waals surface area contributed by atoms with Gasteiger partial charge < -0.3 is 0 Å². The van der Waals surface area contributed by atoms with Gasteiger partial charge in [-0.1, -0.05) is 40.5 Å². The molecule has 0 aromatic rings. The first-order valence-corrected chi connectivity index (χ1v) is 5.05. The molecule has 0 spiro atoms. The highest BCUT2D eigenvalue weighted by Gasteiger charge is 2.37. The Morgan fingerprint density at radius 2 is 1.82 bits per heavy atom. The van der Waals surface area contributed by atoms with Crippen LogP contribution >= 0.6 is 0 Å². The molecule has 1 rings (SSSR count).